The van der Waals surface area contributed by atoms with Crippen LogP contribution in [0.2, 0.25) is 15.3 Å². The molecule has 0 amide bonds. The van der Waals surface area contributed by atoms with E-state index in [-0.39, 0.29) is 0 Å². The standard InChI is InChI=1S/C17H15Cl3N2O/c1-2-3-8-23-12-6-4-11(5-7-12)22-16-10-14(19)13(18)9-15(16)21-17(22)20/h4-7,9-10H,2-3,8H2,1H3. The normalized spacial score (nSPS) is 11.1. The van der Waals surface area contributed by atoms with E-state index in [1.54, 1.807) is 12.1 Å². The Morgan fingerprint density at radius 3 is 2.43 bits per heavy atom. The number of halogens is 3. The Morgan fingerprint density at radius 2 is 1.74 bits per heavy atom. The molecule has 120 valence electrons. The van der Waals surface area contributed by atoms with Gasteiger partial charge in [-0.1, -0.05) is 36.5 Å². The molecule has 0 aliphatic rings. The van der Waals surface area contributed by atoms with E-state index in [1.165, 1.54) is 0 Å². The molecule has 3 aromatic rings. The van der Waals surface area contributed by atoms with Crippen LogP contribution in [0.25, 0.3) is 16.7 Å². The van der Waals surface area contributed by atoms with Crippen LogP contribution in [0.4, 0.5) is 0 Å². The van der Waals surface area contributed by atoms with Crippen molar-refractivity contribution < 1.29 is 4.74 Å². The summed E-state index contributed by atoms with van der Waals surface area (Å²) < 4.78 is 7.50. The summed E-state index contributed by atoms with van der Waals surface area (Å²) in [5, 5.41) is 1.29. The largest absolute Gasteiger partial charge is 0.494 e. The van der Waals surface area contributed by atoms with E-state index in [2.05, 4.69) is 11.9 Å². The number of unbranched alkanes of at least 4 members (excludes halogenated alkanes) is 1. The molecule has 6 heteroatoms. The molecular weight excluding hydrogens is 355 g/mol. The summed E-state index contributed by atoms with van der Waals surface area (Å²) in [6.45, 7) is 2.86. The van der Waals surface area contributed by atoms with E-state index >= 15 is 0 Å². The molecule has 0 saturated heterocycles. The molecule has 0 bridgehead atoms. The number of hydrogen-bond acceptors (Lipinski definition) is 2. The fourth-order valence-electron chi connectivity index (χ4n) is 2.31. The molecule has 23 heavy (non-hydrogen) atoms. The molecule has 3 rings (SSSR count). The zero-order valence-electron chi connectivity index (χ0n) is 12.5. The highest BCUT2D eigenvalue weighted by Gasteiger charge is 2.13. The molecule has 0 saturated carbocycles. The van der Waals surface area contributed by atoms with Crippen LogP contribution < -0.4 is 4.74 Å². The maximum Gasteiger partial charge on any atom is 0.208 e. The van der Waals surface area contributed by atoms with E-state index in [1.807, 2.05) is 28.8 Å². The predicted molar refractivity (Wildman–Crippen MR) is 96.5 cm³/mol. The topological polar surface area (TPSA) is 27.1 Å². The first kappa shape index (κ1) is 16.4. The molecule has 1 heterocycles. The van der Waals surface area contributed by atoms with Crippen LogP contribution in [0.3, 0.4) is 0 Å². The SMILES string of the molecule is CCCCOc1ccc(-n2c(Cl)nc3cc(Cl)c(Cl)cc32)cc1. The van der Waals surface area contributed by atoms with Crippen LogP contribution in [-0.2, 0) is 0 Å². The molecule has 0 atom stereocenters. The van der Waals surface area contributed by atoms with Gasteiger partial charge >= 0.3 is 0 Å². The smallest absolute Gasteiger partial charge is 0.208 e. The average Bonchev–Trinajstić information content (AvgIpc) is 2.84. The lowest BCUT2D eigenvalue weighted by Crippen LogP contribution is -1.98. The molecule has 0 fully saturated rings. The molecular formula is C17H15Cl3N2O. The van der Waals surface area contributed by atoms with Gasteiger partial charge in [0.15, 0.2) is 0 Å². The lowest BCUT2D eigenvalue weighted by Gasteiger charge is -2.09. The van der Waals surface area contributed by atoms with Crippen molar-refractivity contribution in [1.82, 2.24) is 9.55 Å². The highest BCUT2D eigenvalue weighted by molar-refractivity contribution is 6.42. The van der Waals surface area contributed by atoms with Gasteiger partial charge in [-0.05, 0) is 54.4 Å². The number of fused-ring (bicyclic) bond motifs is 1. The Balaban J connectivity index is 1.96. The second kappa shape index (κ2) is 7.00. The van der Waals surface area contributed by atoms with Gasteiger partial charge in [0.05, 0.1) is 27.7 Å². The summed E-state index contributed by atoms with van der Waals surface area (Å²) in [6, 6.07) is 11.2. The zero-order valence-corrected chi connectivity index (χ0v) is 14.8. The van der Waals surface area contributed by atoms with Gasteiger partial charge in [0.2, 0.25) is 5.28 Å². The third-order valence-electron chi connectivity index (χ3n) is 3.52. The van der Waals surface area contributed by atoms with Gasteiger partial charge in [0, 0.05) is 5.69 Å². The monoisotopic (exact) mass is 368 g/mol. The first-order valence-corrected chi connectivity index (χ1v) is 8.49. The summed E-state index contributed by atoms with van der Waals surface area (Å²) in [7, 11) is 0. The Bertz CT molecular complexity index is 828. The Kier molecular flexibility index (Phi) is 5.00. The van der Waals surface area contributed by atoms with Crippen LogP contribution in [0.5, 0.6) is 5.75 Å². The van der Waals surface area contributed by atoms with Gasteiger partial charge in [-0.2, -0.15) is 0 Å². The number of hydrogen-bond donors (Lipinski definition) is 0. The lowest BCUT2D eigenvalue weighted by atomic mass is 10.2. The number of aromatic nitrogens is 2. The van der Waals surface area contributed by atoms with Crippen molar-refractivity contribution >= 4 is 45.8 Å². The number of benzene rings is 2. The number of imidazole rings is 1. The van der Waals surface area contributed by atoms with Crippen LogP contribution in [-0.4, -0.2) is 16.2 Å². The van der Waals surface area contributed by atoms with Gasteiger partial charge in [-0.3, -0.25) is 4.57 Å². The van der Waals surface area contributed by atoms with Crippen molar-refractivity contribution in [2.45, 2.75) is 19.8 Å². The van der Waals surface area contributed by atoms with Gasteiger partial charge in [-0.25, -0.2) is 4.98 Å². The third kappa shape index (κ3) is 3.42. The molecule has 0 radical (unpaired) electrons. The summed E-state index contributed by atoms with van der Waals surface area (Å²) in [5.41, 5.74) is 2.40. The van der Waals surface area contributed by atoms with Crippen molar-refractivity contribution in [1.29, 1.82) is 0 Å². The minimum atomic E-state index is 0.359. The first-order chi connectivity index (χ1) is 11.1. The van der Waals surface area contributed by atoms with Gasteiger partial charge in [0.25, 0.3) is 0 Å². The first-order valence-electron chi connectivity index (χ1n) is 7.36. The molecule has 1 aromatic heterocycles. The van der Waals surface area contributed by atoms with Gasteiger partial charge in [0.1, 0.15) is 5.75 Å². The Morgan fingerprint density at radius 1 is 1.04 bits per heavy atom. The van der Waals surface area contributed by atoms with E-state index in [0.717, 1.165) is 36.4 Å². The molecule has 0 unspecified atom stereocenters. The van der Waals surface area contributed by atoms with E-state index in [9.17, 15) is 0 Å². The third-order valence-corrected chi connectivity index (χ3v) is 4.49. The van der Waals surface area contributed by atoms with Crippen LogP contribution in [0.15, 0.2) is 36.4 Å². The fourth-order valence-corrected chi connectivity index (χ4v) is 2.91. The minimum absolute atomic E-state index is 0.359. The van der Waals surface area contributed by atoms with Crippen molar-refractivity contribution in [3.05, 3.63) is 51.7 Å². The molecule has 0 N–H and O–H groups in total. The molecule has 0 aliphatic carbocycles. The Hall–Kier alpha value is -1.42. The summed E-state index contributed by atoms with van der Waals surface area (Å²) in [4.78, 5) is 4.33. The van der Waals surface area contributed by atoms with E-state index < -0.39 is 0 Å². The minimum Gasteiger partial charge on any atom is -0.494 e. The molecule has 2 aromatic carbocycles. The van der Waals surface area contributed by atoms with Crippen molar-refractivity contribution in [2.24, 2.45) is 0 Å². The maximum absolute atomic E-state index is 6.28. The summed E-state index contributed by atoms with van der Waals surface area (Å²) in [5.74, 6) is 0.837. The second-order valence-electron chi connectivity index (χ2n) is 5.17. The van der Waals surface area contributed by atoms with Crippen molar-refractivity contribution in [3.8, 4) is 11.4 Å². The second-order valence-corrected chi connectivity index (χ2v) is 6.32. The summed E-state index contributed by atoms with van der Waals surface area (Å²) in [6.07, 6.45) is 2.15. The Labute approximate surface area is 149 Å². The van der Waals surface area contributed by atoms with E-state index in [4.69, 9.17) is 39.5 Å². The zero-order chi connectivity index (χ0) is 16.4. The maximum atomic E-state index is 6.28. The number of ether oxygens (including phenoxy) is 1. The lowest BCUT2D eigenvalue weighted by molar-refractivity contribution is 0.309. The molecule has 0 spiro atoms. The highest BCUT2D eigenvalue weighted by Crippen LogP contribution is 2.32. The number of nitrogens with zero attached hydrogens (tertiary/aromatic N) is 2. The quantitative estimate of drug-likeness (QED) is 0.503. The highest BCUT2D eigenvalue weighted by atomic mass is 35.5. The average molecular weight is 370 g/mol. The van der Waals surface area contributed by atoms with Crippen molar-refractivity contribution in [3.63, 3.8) is 0 Å². The van der Waals surface area contributed by atoms with Gasteiger partial charge in [-0.15, -0.1) is 0 Å². The van der Waals surface area contributed by atoms with Crippen LogP contribution in [0.1, 0.15) is 19.8 Å². The van der Waals surface area contributed by atoms with Crippen LogP contribution >= 0.6 is 34.8 Å². The predicted octanol–water partition coefficient (Wildman–Crippen LogP) is 6.16. The molecule has 3 nitrogen and oxygen atoms in total. The van der Waals surface area contributed by atoms with Crippen LogP contribution in [0, 0.1) is 0 Å². The van der Waals surface area contributed by atoms with Gasteiger partial charge < -0.3 is 4.74 Å². The van der Waals surface area contributed by atoms with Crippen molar-refractivity contribution in [2.75, 3.05) is 6.61 Å². The van der Waals surface area contributed by atoms with E-state index in [0.29, 0.717) is 20.8 Å². The number of rotatable bonds is 5. The molecule has 0 aliphatic heterocycles. The fraction of sp³-hybridized carbons (Fsp3) is 0.235. The summed E-state index contributed by atoms with van der Waals surface area (Å²) >= 11 is 18.4.